The fourth-order valence-electron chi connectivity index (χ4n) is 0.984. The summed E-state index contributed by atoms with van der Waals surface area (Å²) < 4.78 is 0. The summed E-state index contributed by atoms with van der Waals surface area (Å²) in [6, 6.07) is 3.57. The van der Waals surface area contributed by atoms with Crippen LogP contribution >= 0.6 is 25.3 Å². The van der Waals surface area contributed by atoms with Gasteiger partial charge in [0.1, 0.15) is 0 Å². The molecule has 2 rings (SSSR count). The van der Waals surface area contributed by atoms with Crippen molar-refractivity contribution in [3.63, 3.8) is 0 Å². The second kappa shape index (κ2) is 1.80. The zero-order valence-electron chi connectivity index (χ0n) is 4.96. The molecule has 2 aromatic rings. The Kier molecular flexibility index (Phi) is 1.13. The van der Waals surface area contributed by atoms with Crippen LogP contribution in [0.3, 0.4) is 0 Å². The van der Waals surface area contributed by atoms with E-state index in [0.717, 1.165) is 20.6 Å². The van der Waals surface area contributed by atoms with E-state index in [2.05, 4.69) is 25.3 Å². The van der Waals surface area contributed by atoms with E-state index < -0.39 is 0 Å². The van der Waals surface area contributed by atoms with Crippen LogP contribution in [0.25, 0.3) is 10.8 Å². The van der Waals surface area contributed by atoms with Gasteiger partial charge in [-0.3, -0.25) is 4.79 Å². The van der Waals surface area contributed by atoms with Crippen molar-refractivity contribution >= 4 is 36.0 Å². The molecule has 10 heavy (non-hydrogen) atoms. The SMILES string of the molecule is O=c1c2c(S)ccc(S)c12. The van der Waals surface area contributed by atoms with Crippen LogP contribution in [0.4, 0.5) is 0 Å². The zero-order valence-corrected chi connectivity index (χ0v) is 6.75. The molecule has 0 saturated carbocycles. The van der Waals surface area contributed by atoms with Crippen LogP contribution in [-0.4, -0.2) is 0 Å². The Morgan fingerprint density at radius 3 is 1.80 bits per heavy atom. The molecule has 0 N–H and O–H groups in total. The lowest BCUT2D eigenvalue weighted by atomic mass is 10.4. The van der Waals surface area contributed by atoms with Crippen LogP contribution in [0.15, 0.2) is 26.7 Å². The van der Waals surface area contributed by atoms with Gasteiger partial charge >= 0.3 is 0 Å². The van der Waals surface area contributed by atoms with E-state index in [1.165, 1.54) is 0 Å². The smallest absolute Gasteiger partial charge is 0.196 e. The first-order chi connectivity index (χ1) is 4.72. The molecule has 0 radical (unpaired) electrons. The summed E-state index contributed by atoms with van der Waals surface area (Å²) >= 11 is 8.20. The number of rotatable bonds is 0. The van der Waals surface area contributed by atoms with Gasteiger partial charge in [0.05, 0.1) is 0 Å². The molecule has 0 unspecified atom stereocenters. The van der Waals surface area contributed by atoms with Crippen LogP contribution in [0, 0.1) is 0 Å². The van der Waals surface area contributed by atoms with E-state index in [-0.39, 0.29) is 5.43 Å². The van der Waals surface area contributed by atoms with Gasteiger partial charge in [0, 0.05) is 20.6 Å². The summed E-state index contributed by atoms with van der Waals surface area (Å²) in [5.74, 6) is 0. The third-order valence-electron chi connectivity index (χ3n) is 1.55. The van der Waals surface area contributed by atoms with Crippen LogP contribution in [0.2, 0.25) is 0 Å². The third kappa shape index (κ3) is 0.646. The van der Waals surface area contributed by atoms with Gasteiger partial charge in [-0.15, -0.1) is 25.3 Å². The number of fused-ring (bicyclic) bond motifs is 1. The highest BCUT2D eigenvalue weighted by atomic mass is 32.1. The normalized spacial score (nSPS) is 11.4. The molecule has 0 aliphatic rings. The average molecular weight is 168 g/mol. The van der Waals surface area contributed by atoms with E-state index in [1.807, 2.05) is 0 Å². The number of benzene rings is 1. The Morgan fingerprint density at radius 2 is 1.40 bits per heavy atom. The molecule has 2 aromatic carbocycles. The molecule has 0 aliphatic carbocycles. The number of hydrogen-bond acceptors (Lipinski definition) is 3. The van der Waals surface area contributed by atoms with E-state index in [0.29, 0.717) is 0 Å². The summed E-state index contributed by atoms with van der Waals surface area (Å²) in [5, 5.41) is 1.49. The van der Waals surface area contributed by atoms with Crippen LogP contribution < -0.4 is 5.43 Å². The van der Waals surface area contributed by atoms with E-state index in [9.17, 15) is 4.79 Å². The lowest BCUT2D eigenvalue weighted by Gasteiger charge is -1.85. The maximum atomic E-state index is 10.9. The minimum Gasteiger partial charge on any atom is -0.288 e. The third-order valence-corrected chi connectivity index (χ3v) is 2.30. The monoisotopic (exact) mass is 168 g/mol. The maximum Gasteiger partial charge on any atom is 0.196 e. The topological polar surface area (TPSA) is 17.1 Å². The van der Waals surface area contributed by atoms with E-state index in [1.54, 1.807) is 12.1 Å². The summed E-state index contributed by atoms with van der Waals surface area (Å²) in [6.07, 6.45) is 0. The predicted molar refractivity (Wildman–Crippen MR) is 47.1 cm³/mol. The molecule has 0 aliphatic heterocycles. The van der Waals surface area contributed by atoms with E-state index in [4.69, 9.17) is 0 Å². The molecule has 0 spiro atoms. The minimum absolute atomic E-state index is 0.0972. The van der Waals surface area contributed by atoms with Gasteiger partial charge in [0.15, 0.2) is 5.43 Å². The first-order valence-electron chi connectivity index (χ1n) is 2.81. The second-order valence-corrected chi connectivity index (χ2v) is 3.15. The molecule has 50 valence electrons. The Labute approximate surface area is 68.6 Å². The van der Waals surface area contributed by atoms with Crippen molar-refractivity contribution in [3.05, 3.63) is 22.4 Å². The standard InChI is InChI=1S/C7H4OS2/c8-7-5-3(9)1-2-4(10)6(5)7/h1-2,9-10H. The van der Waals surface area contributed by atoms with Gasteiger partial charge in [-0.25, -0.2) is 0 Å². The molecule has 1 nitrogen and oxygen atoms in total. The summed E-state index contributed by atoms with van der Waals surface area (Å²) in [6.45, 7) is 0. The highest BCUT2D eigenvalue weighted by molar-refractivity contribution is 7.81. The predicted octanol–water partition coefficient (Wildman–Crippen LogP) is 1.65. The van der Waals surface area contributed by atoms with Crippen LogP contribution in [0.1, 0.15) is 0 Å². The maximum absolute atomic E-state index is 10.9. The lowest BCUT2D eigenvalue weighted by Crippen LogP contribution is -1.68. The quantitative estimate of drug-likeness (QED) is 0.572. The van der Waals surface area contributed by atoms with Crippen LogP contribution in [0.5, 0.6) is 0 Å². The van der Waals surface area contributed by atoms with Gasteiger partial charge in [-0.1, -0.05) is 0 Å². The second-order valence-electron chi connectivity index (χ2n) is 2.18. The molecule has 0 fully saturated rings. The molecule has 3 heteroatoms. The largest absolute Gasteiger partial charge is 0.288 e. The molecule has 0 atom stereocenters. The summed E-state index contributed by atoms with van der Waals surface area (Å²) in [5.41, 5.74) is 0.0972. The zero-order chi connectivity index (χ0) is 7.30. The molecular formula is C7H4OS2. The molecular weight excluding hydrogens is 164 g/mol. The molecule has 0 amide bonds. The van der Waals surface area contributed by atoms with Crippen molar-refractivity contribution in [2.24, 2.45) is 0 Å². The van der Waals surface area contributed by atoms with E-state index >= 15 is 0 Å². The van der Waals surface area contributed by atoms with Crippen LogP contribution in [-0.2, 0) is 0 Å². The summed E-state index contributed by atoms with van der Waals surface area (Å²) in [7, 11) is 0. The fraction of sp³-hybridized carbons (Fsp3) is 0. The Morgan fingerprint density at radius 1 is 1.00 bits per heavy atom. The highest BCUT2D eigenvalue weighted by Gasteiger charge is 2.17. The highest BCUT2D eigenvalue weighted by Crippen LogP contribution is 2.28. The Bertz CT molecular complexity index is 373. The fourth-order valence-corrected chi connectivity index (χ4v) is 1.56. The number of hydrogen-bond donors (Lipinski definition) is 2. The molecule has 0 aromatic heterocycles. The van der Waals surface area contributed by atoms with Crippen molar-refractivity contribution in [2.45, 2.75) is 9.79 Å². The average Bonchev–Trinajstić information content (AvgIpc) is 2.55. The van der Waals surface area contributed by atoms with Crippen molar-refractivity contribution in [1.82, 2.24) is 0 Å². The van der Waals surface area contributed by atoms with Gasteiger partial charge in [0.2, 0.25) is 0 Å². The number of thiol groups is 2. The first-order valence-corrected chi connectivity index (χ1v) is 3.71. The van der Waals surface area contributed by atoms with Gasteiger partial charge < -0.3 is 0 Å². The van der Waals surface area contributed by atoms with Crippen molar-refractivity contribution < 1.29 is 0 Å². The van der Waals surface area contributed by atoms with Crippen molar-refractivity contribution in [2.75, 3.05) is 0 Å². The Hall–Kier alpha value is -0.410. The first kappa shape index (κ1) is 6.31. The lowest BCUT2D eigenvalue weighted by molar-refractivity contribution is 1.52. The Balaban J connectivity index is 2.95. The molecule has 0 saturated heterocycles. The van der Waals surface area contributed by atoms with Crippen molar-refractivity contribution in [3.8, 4) is 0 Å². The van der Waals surface area contributed by atoms with Gasteiger partial charge in [0.25, 0.3) is 0 Å². The van der Waals surface area contributed by atoms with Gasteiger partial charge in [-0.05, 0) is 12.1 Å². The van der Waals surface area contributed by atoms with Crippen molar-refractivity contribution in [1.29, 1.82) is 0 Å². The summed E-state index contributed by atoms with van der Waals surface area (Å²) in [4.78, 5) is 12.4. The minimum atomic E-state index is 0.0972. The molecule has 0 heterocycles. The molecule has 0 bridgehead atoms. The van der Waals surface area contributed by atoms with Gasteiger partial charge in [-0.2, -0.15) is 0 Å².